The number of hydrogen-bond donors (Lipinski definition) is 2. The number of thiazole rings is 1. The molecule has 0 radical (unpaired) electrons. The molecule has 1 saturated carbocycles. The minimum absolute atomic E-state index is 0.0298. The molecule has 2 aliphatic rings. The summed E-state index contributed by atoms with van der Waals surface area (Å²) in [6, 6.07) is 0. The quantitative estimate of drug-likeness (QED) is 0.908. The van der Waals surface area contributed by atoms with Gasteiger partial charge in [-0.3, -0.25) is 4.79 Å². The average molecular weight is 318 g/mol. The molecule has 0 spiro atoms. The van der Waals surface area contributed by atoms with Gasteiger partial charge in [-0.15, -0.1) is 11.3 Å². The van der Waals surface area contributed by atoms with Gasteiger partial charge in [-0.25, -0.2) is 9.97 Å². The van der Waals surface area contributed by atoms with Crippen molar-refractivity contribution < 1.29 is 9.53 Å². The zero-order valence-electron chi connectivity index (χ0n) is 12.1. The maximum Gasteiger partial charge on any atom is 0.232 e. The van der Waals surface area contributed by atoms with Gasteiger partial charge in [0.05, 0.1) is 11.6 Å². The first-order chi connectivity index (χ1) is 10.8. The lowest BCUT2D eigenvalue weighted by Crippen LogP contribution is -2.33. The second-order valence-corrected chi connectivity index (χ2v) is 6.71. The number of nitrogens with zero attached hydrogens (tertiary/aromatic N) is 2. The molecule has 2 aromatic rings. The van der Waals surface area contributed by atoms with Gasteiger partial charge in [0.2, 0.25) is 5.91 Å². The van der Waals surface area contributed by atoms with Crippen LogP contribution < -0.4 is 5.32 Å². The molecule has 2 atom stereocenters. The number of carbonyl (C=O) groups excluding carboxylic acids is 1. The van der Waals surface area contributed by atoms with Crippen LogP contribution in [0.4, 0.5) is 5.13 Å². The topological polar surface area (TPSA) is 79.9 Å². The van der Waals surface area contributed by atoms with E-state index < -0.39 is 0 Å². The Hall–Kier alpha value is -1.73. The highest BCUT2D eigenvalue weighted by Gasteiger charge is 2.35. The second kappa shape index (κ2) is 5.81. The van der Waals surface area contributed by atoms with E-state index in [9.17, 15) is 4.79 Å². The van der Waals surface area contributed by atoms with Crippen molar-refractivity contribution in [1.82, 2.24) is 15.0 Å². The highest BCUT2D eigenvalue weighted by Crippen LogP contribution is 2.41. The minimum Gasteiger partial charge on any atom is -0.369 e. The monoisotopic (exact) mass is 318 g/mol. The van der Waals surface area contributed by atoms with E-state index in [1.54, 1.807) is 12.4 Å². The van der Waals surface area contributed by atoms with Gasteiger partial charge in [0.1, 0.15) is 11.9 Å². The molecule has 116 valence electrons. The number of aromatic amines is 1. The number of H-pyrrole nitrogens is 1. The summed E-state index contributed by atoms with van der Waals surface area (Å²) in [7, 11) is 0. The first kappa shape index (κ1) is 13.9. The van der Waals surface area contributed by atoms with E-state index in [4.69, 9.17) is 4.74 Å². The van der Waals surface area contributed by atoms with Crippen molar-refractivity contribution in [2.45, 2.75) is 37.7 Å². The van der Waals surface area contributed by atoms with Crippen LogP contribution in [0.5, 0.6) is 0 Å². The highest BCUT2D eigenvalue weighted by atomic mass is 32.1. The van der Waals surface area contributed by atoms with Crippen molar-refractivity contribution in [2.75, 3.05) is 11.9 Å². The molecule has 0 unspecified atom stereocenters. The lowest BCUT2D eigenvalue weighted by molar-refractivity contribution is -0.129. The predicted molar refractivity (Wildman–Crippen MR) is 82.7 cm³/mol. The summed E-state index contributed by atoms with van der Waals surface area (Å²) in [5, 5.41) is 5.69. The van der Waals surface area contributed by atoms with E-state index in [2.05, 4.69) is 25.6 Å². The largest absolute Gasteiger partial charge is 0.369 e. The minimum atomic E-state index is -0.299. The van der Waals surface area contributed by atoms with Gasteiger partial charge >= 0.3 is 0 Å². The predicted octanol–water partition coefficient (Wildman–Crippen LogP) is 2.85. The van der Waals surface area contributed by atoms with E-state index in [1.807, 2.05) is 0 Å². The smallest absolute Gasteiger partial charge is 0.232 e. The summed E-state index contributed by atoms with van der Waals surface area (Å²) in [6.07, 6.45) is 7.27. The average Bonchev–Trinajstić information content (AvgIpc) is 3.06. The summed E-state index contributed by atoms with van der Waals surface area (Å²) in [5.41, 5.74) is 1.11. The summed E-state index contributed by atoms with van der Waals surface area (Å²) in [5.74, 6) is 1.07. The Morgan fingerprint density at radius 2 is 2.32 bits per heavy atom. The van der Waals surface area contributed by atoms with Crippen molar-refractivity contribution in [3.63, 3.8) is 0 Å². The molecule has 1 saturated heterocycles. The fraction of sp³-hybridized carbons (Fsp3) is 0.533. The van der Waals surface area contributed by atoms with Crippen molar-refractivity contribution in [2.24, 2.45) is 5.92 Å². The first-order valence-electron chi connectivity index (χ1n) is 7.68. The molecule has 1 aliphatic heterocycles. The standard InChI is InChI=1S/C15H18N4O2S/c20-14(19-15-18-11(8-22-15)9-3-4-9)10-2-1-7-21-12(10)13-16-5-6-17-13/h5-6,8-10,12H,1-4,7H2,(H,16,17)(H,18,19,20)/t10-,12-/m1/s1. The van der Waals surface area contributed by atoms with Crippen LogP contribution in [-0.2, 0) is 9.53 Å². The SMILES string of the molecule is O=C(Nc1nc(C2CC2)cs1)[C@@H]1CCCO[C@H]1c1ncc[nH]1. The molecule has 0 aromatic carbocycles. The van der Waals surface area contributed by atoms with Gasteiger partial charge < -0.3 is 15.0 Å². The maximum absolute atomic E-state index is 12.6. The molecule has 2 aromatic heterocycles. The molecule has 1 amide bonds. The second-order valence-electron chi connectivity index (χ2n) is 5.86. The van der Waals surface area contributed by atoms with Crippen LogP contribution in [-0.4, -0.2) is 27.5 Å². The molecule has 0 bridgehead atoms. The summed E-state index contributed by atoms with van der Waals surface area (Å²) >= 11 is 1.50. The van der Waals surface area contributed by atoms with Crippen LogP contribution in [0, 0.1) is 5.92 Å². The number of rotatable bonds is 4. The van der Waals surface area contributed by atoms with Gasteiger partial charge in [0.25, 0.3) is 0 Å². The Morgan fingerprint density at radius 1 is 1.41 bits per heavy atom. The Morgan fingerprint density at radius 3 is 3.09 bits per heavy atom. The molecule has 2 fully saturated rings. The number of amides is 1. The van der Waals surface area contributed by atoms with E-state index in [0.29, 0.717) is 17.7 Å². The fourth-order valence-electron chi connectivity index (χ4n) is 2.86. The highest BCUT2D eigenvalue weighted by molar-refractivity contribution is 7.13. The van der Waals surface area contributed by atoms with Crippen molar-refractivity contribution in [3.8, 4) is 0 Å². The zero-order valence-corrected chi connectivity index (χ0v) is 12.9. The number of anilines is 1. The summed E-state index contributed by atoms with van der Waals surface area (Å²) < 4.78 is 5.78. The number of hydrogen-bond acceptors (Lipinski definition) is 5. The third-order valence-corrected chi connectivity index (χ3v) is 4.97. The molecule has 1 aliphatic carbocycles. The molecule has 22 heavy (non-hydrogen) atoms. The van der Waals surface area contributed by atoms with Gasteiger partial charge in [-0.2, -0.15) is 0 Å². The molecule has 3 heterocycles. The van der Waals surface area contributed by atoms with Gasteiger partial charge in [-0.05, 0) is 25.7 Å². The van der Waals surface area contributed by atoms with Gasteiger partial charge in [0.15, 0.2) is 5.13 Å². The summed E-state index contributed by atoms with van der Waals surface area (Å²) in [6.45, 7) is 0.665. The van der Waals surface area contributed by atoms with E-state index in [0.717, 1.165) is 24.4 Å². The number of aromatic nitrogens is 3. The first-order valence-corrected chi connectivity index (χ1v) is 8.56. The van der Waals surface area contributed by atoms with E-state index in [1.165, 1.54) is 24.2 Å². The molecule has 7 heteroatoms. The third-order valence-electron chi connectivity index (χ3n) is 4.20. The molecule has 4 rings (SSSR count). The number of imidazole rings is 1. The zero-order chi connectivity index (χ0) is 14.9. The maximum atomic E-state index is 12.6. The molecular formula is C15H18N4O2S. The van der Waals surface area contributed by atoms with Crippen LogP contribution in [0.25, 0.3) is 0 Å². The summed E-state index contributed by atoms with van der Waals surface area (Å²) in [4.78, 5) is 24.4. The third kappa shape index (κ3) is 2.78. The fourth-order valence-corrected chi connectivity index (χ4v) is 3.66. The number of ether oxygens (including phenoxy) is 1. The van der Waals surface area contributed by atoms with Crippen LogP contribution in [0.2, 0.25) is 0 Å². The van der Waals surface area contributed by atoms with Crippen molar-refractivity contribution in [1.29, 1.82) is 0 Å². The normalized spacial score (nSPS) is 25.1. The Balaban J connectivity index is 1.47. The van der Waals surface area contributed by atoms with Crippen LogP contribution in [0.15, 0.2) is 17.8 Å². The Kier molecular flexibility index (Phi) is 3.67. The molecule has 6 nitrogen and oxygen atoms in total. The van der Waals surface area contributed by atoms with Gasteiger partial charge in [0, 0.05) is 30.3 Å². The van der Waals surface area contributed by atoms with Crippen LogP contribution in [0.3, 0.4) is 0 Å². The molecule has 2 N–H and O–H groups in total. The Bertz CT molecular complexity index is 650. The van der Waals surface area contributed by atoms with Crippen LogP contribution >= 0.6 is 11.3 Å². The van der Waals surface area contributed by atoms with Gasteiger partial charge in [-0.1, -0.05) is 0 Å². The molecular weight excluding hydrogens is 300 g/mol. The van der Waals surface area contributed by atoms with Crippen molar-refractivity contribution >= 4 is 22.4 Å². The van der Waals surface area contributed by atoms with E-state index >= 15 is 0 Å². The Labute approximate surface area is 132 Å². The number of carbonyl (C=O) groups is 1. The lowest BCUT2D eigenvalue weighted by Gasteiger charge is -2.29. The lowest BCUT2D eigenvalue weighted by atomic mass is 9.93. The van der Waals surface area contributed by atoms with Crippen molar-refractivity contribution in [3.05, 3.63) is 29.3 Å². The van der Waals surface area contributed by atoms with E-state index in [-0.39, 0.29) is 17.9 Å². The van der Waals surface area contributed by atoms with Crippen LogP contribution in [0.1, 0.15) is 49.2 Å². The number of nitrogens with one attached hydrogen (secondary N) is 2.